The third kappa shape index (κ3) is 13.3. The van der Waals surface area contributed by atoms with Crippen LogP contribution in [0.4, 0.5) is 0 Å². The van der Waals surface area contributed by atoms with Gasteiger partial charge < -0.3 is 38.4 Å². The number of pyridine rings is 1. The van der Waals surface area contributed by atoms with Gasteiger partial charge in [0.25, 0.3) is 0 Å². The van der Waals surface area contributed by atoms with E-state index in [1.165, 1.54) is 107 Å². The second kappa shape index (κ2) is 19.1. The van der Waals surface area contributed by atoms with Crippen LogP contribution in [0.3, 0.4) is 0 Å². The fourth-order valence-electron chi connectivity index (χ4n) is 4.09. The zero-order valence-corrected chi connectivity index (χ0v) is 22.2. The van der Waals surface area contributed by atoms with Gasteiger partial charge in [0.1, 0.15) is 6.54 Å². The van der Waals surface area contributed by atoms with Crippen molar-refractivity contribution in [2.75, 3.05) is 26.2 Å². The van der Waals surface area contributed by atoms with Gasteiger partial charge in [0.2, 0.25) is 0 Å². The lowest BCUT2D eigenvalue weighted by atomic mass is 10.1. The van der Waals surface area contributed by atoms with Crippen molar-refractivity contribution in [1.29, 1.82) is 0 Å². The minimum absolute atomic E-state index is 0. The molecule has 0 aliphatic heterocycles. The van der Waals surface area contributed by atoms with Crippen molar-refractivity contribution in [1.82, 2.24) is 0 Å². The largest absolute Gasteiger partial charge is 1.00 e. The third-order valence-electron chi connectivity index (χ3n) is 6.32. The van der Waals surface area contributed by atoms with Crippen LogP contribution in [0.25, 0.3) is 0 Å². The van der Waals surface area contributed by atoms with Gasteiger partial charge in [-0.25, -0.2) is 4.57 Å². The van der Waals surface area contributed by atoms with Gasteiger partial charge in [-0.15, -0.1) is 0 Å². The molecule has 2 nitrogen and oxygen atoms in total. The first-order chi connectivity index (χ1) is 12.7. The number of hydrogen-bond donors (Lipinski definition) is 0. The van der Waals surface area contributed by atoms with E-state index in [0.717, 1.165) is 0 Å². The SMILES string of the molecule is CC[N+](CC)(CC)CCCCCCCCCCCC[n+]1cccc(C)c1.[Br-].[Br-]. The average molecular weight is 522 g/mol. The summed E-state index contributed by atoms with van der Waals surface area (Å²) < 4.78 is 3.65. The van der Waals surface area contributed by atoms with Gasteiger partial charge in [0, 0.05) is 18.1 Å². The van der Waals surface area contributed by atoms with Gasteiger partial charge in [0.05, 0.1) is 26.2 Å². The summed E-state index contributed by atoms with van der Waals surface area (Å²) in [7, 11) is 0. The summed E-state index contributed by atoms with van der Waals surface area (Å²) >= 11 is 0. The van der Waals surface area contributed by atoms with Crippen LogP contribution in [0.1, 0.15) is 90.5 Å². The van der Waals surface area contributed by atoms with E-state index in [1.54, 1.807) is 0 Å². The van der Waals surface area contributed by atoms with E-state index in [1.807, 2.05) is 0 Å². The molecule has 0 amide bonds. The highest BCUT2D eigenvalue weighted by molar-refractivity contribution is 5.01. The second-order valence-corrected chi connectivity index (χ2v) is 8.17. The molecule has 1 aromatic heterocycles. The predicted molar refractivity (Wildman–Crippen MR) is 114 cm³/mol. The van der Waals surface area contributed by atoms with Crippen molar-refractivity contribution in [3.63, 3.8) is 0 Å². The van der Waals surface area contributed by atoms with E-state index >= 15 is 0 Å². The molecule has 0 bridgehead atoms. The van der Waals surface area contributed by atoms with Crippen LogP contribution in [0, 0.1) is 6.92 Å². The smallest absolute Gasteiger partial charge is 0.171 e. The van der Waals surface area contributed by atoms with Crippen molar-refractivity contribution >= 4 is 0 Å². The van der Waals surface area contributed by atoms with Crippen molar-refractivity contribution in [3.05, 3.63) is 30.1 Å². The minimum Gasteiger partial charge on any atom is -1.00 e. The van der Waals surface area contributed by atoms with Gasteiger partial charge in [-0.3, -0.25) is 0 Å². The Labute approximate surface area is 197 Å². The van der Waals surface area contributed by atoms with E-state index in [2.05, 4.69) is 56.8 Å². The third-order valence-corrected chi connectivity index (χ3v) is 6.32. The average Bonchev–Trinajstić information content (AvgIpc) is 2.66. The number of quaternary nitrogens is 1. The van der Waals surface area contributed by atoms with Crippen LogP contribution < -0.4 is 38.5 Å². The number of aromatic nitrogens is 1. The van der Waals surface area contributed by atoms with E-state index in [4.69, 9.17) is 0 Å². The Morgan fingerprint density at radius 2 is 1.18 bits per heavy atom. The van der Waals surface area contributed by atoms with E-state index in [9.17, 15) is 0 Å². The molecule has 4 heteroatoms. The van der Waals surface area contributed by atoms with Gasteiger partial charge in [-0.1, -0.05) is 38.5 Å². The number of nitrogens with zero attached hydrogens (tertiary/aromatic N) is 2. The molecule has 1 rings (SSSR count). The van der Waals surface area contributed by atoms with Gasteiger partial charge in [0.15, 0.2) is 12.4 Å². The van der Waals surface area contributed by atoms with E-state index in [-0.39, 0.29) is 34.0 Å². The Bertz CT molecular complexity index is 453. The van der Waals surface area contributed by atoms with Crippen LogP contribution in [0.2, 0.25) is 0 Å². The van der Waals surface area contributed by atoms with Crippen LogP contribution in [0.5, 0.6) is 0 Å². The zero-order valence-electron chi connectivity index (χ0n) is 19.1. The standard InChI is InChI=1S/C24H46N2.2BrH/c1-5-26(6-2,7-3)22-17-15-13-11-9-8-10-12-14-16-20-25-21-18-19-24(4)23-25;;/h18-19,21,23H,5-17,20,22H2,1-4H3;2*1H/q+2;;/p-2. The summed E-state index contributed by atoms with van der Waals surface area (Å²) in [6, 6.07) is 4.32. The Balaban J connectivity index is 0. The first-order valence-corrected chi connectivity index (χ1v) is 11.5. The normalized spacial score (nSPS) is 11.0. The molecule has 28 heavy (non-hydrogen) atoms. The highest BCUT2D eigenvalue weighted by Gasteiger charge is 2.19. The maximum atomic E-state index is 2.35. The number of aryl methyl sites for hydroxylation is 2. The monoisotopic (exact) mass is 520 g/mol. The lowest BCUT2D eigenvalue weighted by Gasteiger charge is -2.35. The molecule has 166 valence electrons. The second-order valence-electron chi connectivity index (χ2n) is 8.17. The summed E-state index contributed by atoms with van der Waals surface area (Å²) in [5.74, 6) is 0. The Morgan fingerprint density at radius 3 is 1.64 bits per heavy atom. The summed E-state index contributed by atoms with van der Waals surface area (Å²) in [5.41, 5.74) is 1.36. The van der Waals surface area contributed by atoms with Crippen LogP contribution in [-0.4, -0.2) is 30.7 Å². The summed E-state index contributed by atoms with van der Waals surface area (Å²) in [5, 5.41) is 0. The number of hydrogen-bond acceptors (Lipinski definition) is 0. The molecular weight excluding hydrogens is 476 g/mol. The molecule has 1 aromatic rings. The quantitative estimate of drug-likeness (QED) is 0.165. The van der Waals surface area contributed by atoms with Crippen LogP contribution in [-0.2, 0) is 6.54 Å². The molecule has 0 fully saturated rings. The first kappa shape index (κ1) is 30.3. The lowest BCUT2D eigenvalue weighted by Crippen LogP contribution is -3.00. The molecule has 0 spiro atoms. The molecule has 0 saturated heterocycles. The molecule has 1 heterocycles. The fourth-order valence-corrected chi connectivity index (χ4v) is 4.09. The van der Waals surface area contributed by atoms with E-state index in [0.29, 0.717) is 0 Å². The summed E-state index contributed by atoms with van der Waals surface area (Å²) in [6.07, 6.45) is 18.6. The molecule has 0 aliphatic carbocycles. The summed E-state index contributed by atoms with van der Waals surface area (Å²) in [4.78, 5) is 0. The molecule has 0 aliphatic rings. The van der Waals surface area contributed by atoms with Crippen molar-refractivity contribution < 1.29 is 43.0 Å². The molecule has 0 atom stereocenters. The van der Waals surface area contributed by atoms with E-state index < -0.39 is 0 Å². The maximum absolute atomic E-state index is 2.35. The number of rotatable bonds is 16. The number of unbranched alkanes of at least 4 members (excludes halogenated alkanes) is 9. The zero-order chi connectivity index (χ0) is 19.1. The molecule has 0 N–H and O–H groups in total. The van der Waals surface area contributed by atoms with Crippen molar-refractivity contribution in [3.8, 4) is 0 Å². The first-order valence-electron chi connectivity index (χ1n) is 11.5. The fraction of sp³-hybridized carbons (Fsp3) is 0.792. The predicted octanol–water partition coefficient (Wildman–Crippen LogP) is 0.0680. The molecule has 0 aromatic carbocycles. The van der Waals surface area contributed by atoms with Crippen molar-refractivity contribution in [2.45, 2.75) is 98.4 Å². The maximum Gasteiger partial charge on any atom is 0.171 e. The minimum atomic E-state index is 0. The Morgan fingerprint density at radius 1 is 0.714 bits per heavy atom. The van der Waals surface area contributed by atoms with Crippen LogP contribution in [0.15, 0.2) is 24.5 Å². The Hall–Kier alpha value is 0.0700. The van der Waals surface area contributed by atoms with Gasteiger partial charge >= 0.3 is 0 Å². The highest BCUT2D eigenvalue weighted by Crippen LogP contribution is 2.13. The highest BCUT2D eigenvalue weighted by atomic mass is 79.9. The topological polar surface area (TPSA) is 3.88 Å². The van der Waals surface area contributed by atoms with Gasteiger partial charge in [-0.2, -0.15) is 0 Å². The number of halogens is 2. The summed E-state index contributed by atoms with van der Waals surface area (Å²) in [6.45, 7) is 15.7. The Kier molecular flexibility index (Phi) is 20.6. The van der Waals surface area contributed by atoms with Gasteiger partial charge in [-0.05, 0) is 53.0 Å². The van der Waals surface area contributed by atoms with Crippen LogP contribution >= 0.6 is 0 Å². The lowest BCUT2D eigenvalue weighted by molar-refractivity contribution is -0.923. The van der Waals surface area contributed by atoms with Crippen molar-refractivity contribution in [2.24, 2.45) is 0 Å². The molecular formula is C24H46Br2N2. The molecule has 0 unspecified atom stereocenters. The molecule has 0 radical (unpaired) electrons. The molecule has 0 saturated carbocycles.